The molecule has 2 atom stereocenters. The summed E-state index contributed by atoms with van der Waals surface area (Å²) in [4.78, 5) is 26.4. The first-order chi connectivity index (χ1) is 11.6. The van der Waals surface area contributed by atoms with Crippen molar-refractivity contribution in [2.75, 3.05) is 20.2 Å². The molecule has 1 saturated heterocycles. The van der Waals surface area contributed by atoms with Gasteiger partial charge < -0.3 is 15.0 Å². The first kappa shape index (κ1) is 16.5. The molecule has 1 aliphatic rings. The molecule has 2 aromatic carbocycles. The van der Waals surface area contributed by atoms with Crippen molar-refractivity contribution < 1.29 is 14.3 Å². The zero-order chi connectivity index (χ0) is 17.1. The number of carbonyl (C=O) groups excluding carboxylic acids is 2. The van der Waals surface area contributed by atoms with Gasteiger partial charge in [0.25, 0.3) is 0 Å². The lowest BCUT2D eigenvalue weighted by Crippen LogP contribution is -2.59. The van der Waals surface area contributed by atoms with Crippen molar-refractivity contribution in [2.45, 2.75) is 25.4 Å². The van der Waals surface area contributed by atoms with Crippen LogP contribution in [0.1, 0.15) is 12.5 Å². The minimum Gasteiger partial charge on any atom is -0.467 e. The van der Waals surface area contributed by atoms with Crippen LogP contribution in [-0.2, 0) is 20.7 Å². The van der Waals surface area contributed by atoms with E-state index in [-0.39, 0.29) is 17.9 Å². The van der Waals surface area contributed by atoms with Gasteiger partial charge in [-0.25, -0.2) is 4.79 Å². The van der Waals surface area contributed by atoms with E-state index < -0.39 is 6.04 Å². The topological polar surface area (TPSA) is 58.6 Å². The molecule has 24 heavy (non-hydrogen) atoms. The lowest BCUT2D eigenvalue weighted by Gasteiger charge is -2.36. The first-order valence-corrected chi connectivity index (χ1v) is 8.19. The molecule has 5 nitrogen and oxygen atoms in total. The molecule has 2 aromatic rings. The maximum atomic E-state index is 12.4. The van der Waals surface area contributed by atoms with Crippen molar-refractivity contribution in [3.63, 3.8) is 0 Å². The number of hydrogen-bond acceptors (Lipinski definition) is 4. The Balaban J connectivity index is 1.88. The van der Waals surface area contributed by atoms with E-state index in [9.17, 15) is 9.59 Å². The maximum absolute atomic E-state index is 12.4. The van der Waals surface area contributed by atoms with Gasteiger partial charge in [0.15, 0.2) is 0 Å². The van der Waals surface area contributed by atoms with Crippen LogP contribution >= 0.6 is 0 Å². The number of esters is 1. The van der Waals surface area contributed by atoms with Gasteiger partial charge in [0.1, 0.15) is 6.04 Å². The standard InChI is InChI=1S/C19H22N2O3/c1-13-18(22)21(10-9-20-13)17(19(23)24-2)12-14-7-8-15-5-3-4-6-16(15)11-14/h3-8,11,13,17,20H,9-10,12H2,1-2H3/t13-,17-/m0/s1. The van der Waals surface area contributed by atoms with Crippen LogP contribution in [0.2, 0.25) is 0 Å². The summed E-state index contributed by atoms with van der Waals surface area (Å²) >= 11 is 0. The van der Waals surface area contributed by atoms with E-state index in [1.54, 1.807) is 4.90 Å². The van der Waals surface area contributed by atoms with Crippen molar-refractivity contribution >= 4 is 22.6 Å². The molecule has 0 radical (unpaired) electrons. The Morgan fingerprint density at radius 3 is 2.79 bits per heavy atom. The van der Waals surface area contributed by atoms with Gasteiger partial charge in [-0.2, -0.15) is 0 Å². The lowest BCUT2D eigenvalue weighted by molar-refractivity contribution is -0.154. The summed E-state index contributed by atoms with van der Waals surface area (Å²) < 4.78 is 4.96. The Hall–Kier alpha value is -2.40. The largest absolute Gasteiger partial charge is 0.467 e. The van der Waals surface area contributed by atoms with Gasteiger partial charge in [-0.3, -0.25) is 4.79 Å². The Bertz CT molecular complexity index is 759. The van der Waals surface area contributed by atoms with Crippen LogP contribution in [0.4, 0.5) is 0 Å². The van der Waals surface area contributed by atoms with Gasteiger partial charge in [-0.05, 0) is 23.3 Å². The second kappa shape index (κ2) is 7.01. The SMILES string of the molecule is COC(=O)[C@H](Cc1ccc2ccccc2c1)N1CCN[C@@H](C)C1=O. The van der Waals surface area contributed by atoms with E-state index in [0.29, 0.717) is 19.5 Å². The number of benzene rings is 2. The van der Waals surface area contributed by atoms with Gasteiger partial charge in [0, 0.05) is 19.5 Å². The third-order valence-electron chi connectivity index (χ3n) is 4.55. The van der Waals surface area contributed by atoms with Crippen molar-refractivity contribution in [2.24, 2.45) is 0 Å². The molecule has 1 heterocycles. The van der Waals surface area contributed by atoms with E-state index in [4.69, 9.17) is 4.74 Å². The smallest absolute Gasteiger partial charge is 0.328 e. The molecule has 1 amide bonds. The number of nitrogens with one attached hydrogen (secondary N) is 1. The zero-order valence-electron chi connectivity index (χ0n) is 14.0. The molecule has 3 rings (SSSR count). The fourth-order valence-electron chi connectivity index (χ4n) is 3.20. The zero-order valence-corrected chi connectivity index (χ0v) is 14.0. The Kier molecular flexibility index (Phi) is 4.81. The van der Waals surface area contributed by atoms with Crippen LogP contribution in [0, 0.1) is 0 Å². The molecule has 0 aliphatic carbocycles. The van der Waals surface area contributed by atoms with E-state index in [0.717, 1.165) is 16.3 Å². The normalized spacial score (nSPS) is 19.3. The Morgan fingerprint density at radius 1 is 1.29 bits per heavy atom. The highest BCUT2D eigenvalue weighted by atomic mass is 16.5. The van der Waals surface area contributed by atoms with Crippen molar-refractivity contribution in [1.29, 1.82) is 0 Å². The number of methoxy groups -OCH3 is 1. The number of ether oxygens (including phenoxy) is 1. The number of hydrogen-bond donors (Lipinski definition) is 1. The van der Waals surface area contributed by atoms with Crippen LogP contribution in [0.5, 0.6) is 0 Å². The predicted molar refractivity (Wildman–Crippen MR) is 92.6 cm³/mol. The van der Waals surface area contributed by atoms with Crippen LogP contribution in [-0.4, -0.2) is 49.1 Å². The molecule has 0 spiro atoms. The fourth-order valence-corrected chi connectivity index (χ4v) is 3.20. The van der Waals surface area contributed by atoms with E-state index in [1.165, 1.54) is 7.11 Å². The monoisotopic (exact) mass is 326 g/mol. The number of amides is 1. The van der Waals surface area contributed by atoms with E-state index in [2.05, 4.69) is 17.4 Å². The summed E-state index contributed by atoms with van der Waals surface area (Å²) in [5.74, 6) is -0.428. The molecular formula is C19H22N2O3. The predicted octanol–water partition coefficient (Wildman–Crippen LogP) is 1.74. The van der Waals surface area contributed by atoms with Crippen molar-refractivity contribution in [3.05, 3.63) is 48.0 Å². The number of piperazine rings is 1. The van der Waals surface area contributed by atoms with Gasteiger partial charge in [-0.15, -0.1) is 0 Å². The van der Waals surface area contributed by atoms with E-state index in [1.807, 2.05) is 37.3 Å². The highest BCUT2D eigenvalue weighted by Crippen LogP contribution is 2.19. The summed E-state index contributed by atoms with van der Waals surface area (Å²) in [6, 6.07) is 13.3. The summed E-state index contributed by atoms with van der Waals surface area (Å²) in [5.41, 5.74) is 1.02. The van der Waals surface area contributed by atoms with Gasteiger partial charge in [0.2, 0.25) is 5.91 Å². The second-order valence-corrected chi connectivity index (χ2v) is 6.13. The van der Waals surface area contributed by atoms with Crippen molar-refractivity contribution in [3.8, 4) is 0 Å². The molecule has 1 N–H and O–H groups in total. The van der Waals surface area contributed by atoms with Gasteiger partial charge >= 0.3 is 5.97 Å². The molecular weight excluding hydrogens is 304 g/mol. The highest BCUT2D eigenvalue weighted by molar-refractivity contribution is 5.88. The number of rotatable bonds is 4. The molecule has 0 unspecified atom stereocenters. The Morgan fingerprint density at radius 2 is 2.04 bits per heavy atom. The number of carbonyl (C=O) groups is 2. The average Bonchev–Trinajstić information content (AvgIpc) is 2.61. The first-order valence-electron chi connectivity index (χ1n) is 8.19. The quantitative estimate of drug-likeness (QED) is 0.870. The Labute approximate surface area is 141 Å². The maximum Gasteiger partial charge on any atom is 0.328 e. The second-order valence-electron chi connectivity index (χ2n) is 6.13. The van der Waals surface area contributed by atoms with Crippen LogP contribution < -0.4 is 5.32 Å². The van der Waals surface area contributed by atoms with Crippen LogP contribution in [0.15, 0.2) is 42.5 Å². The van der Waals surface area contributed by atoms with Crippen LogP contribution in [0.25, 0.3) is 10.8 Å². The summed E-state index contributed by atoms with van der Waals surface area (Å²) in [6.45, 7) is 3.01. The van der Waals surface area contributed by atoms with E-state index >= 15 is 0 Å². The molecule has 1 aliphatic heterocycles. The summed E-state index contributed by atoms with van der Waals surface area (Å²) in [7, 11) is 1.37. The summed E-state index contributed by atoms with van der Waals surface area (Å²) in [6.07, 6.45) is 0.454. The molecule has 1 fully saturated rings. The highest BCUT2D eigenvalue weighted by Gasteiger charge is 2.35. The fraction of sp³-hybridized carbons (Fsp3) is 0.368. The third-order valence-corrected chi connectivity index (χ3v) is 4.55. The summed E-state index contributed by atoms with van der Waals surface area (Å²) in [5, 5.41) is 5.40. The lowest BCUT2D eigenvalue weighted by atomic mass is 9.99. The average molecular weight is 326 g/mol. The molecule has 0 saturated carbocycles. The molecule has 0 aromatic heterocycles. The van der Waals surface area contributed by atoms with Gasteiger partial charge in [-0.1, -0.05) is 42.5 Å². The van der Waals surface area contributed by atoms with Gasteiger partial charge in [0.05, 0.1) is 13.2 Å². The number of nitrogens with zero attached hydrogens (tertiary/aromatic N) is 1. The molecule has 0 bridgehead atoms. The number of fused-ring (bicyclic) bond motifs is 1. The molecule has 5 heteroatoms. The minimum atomic E-state index is -0.590. The van der Waals surface area contributed by atoms with Crippen LogP contribution in [0.3, 0.4) is 0 Å². The third kappa shape index (κ3) is 3.26. The minimum absolute atomic E-state index is 0.0579. The molecule has 126 valence electrons. The van der Waals surface area contributed by atoms with Crippen molar-refractivity contribution in [1.82, 2.24) is 10.2 Å².